The minimum absolute atomic E-state index is 0.202. The van der Waals surface area contributed by atoms with Gasteiger partial charge in [0.15, 0.2) is 23.0 Å². The lowest BCUT2D eigenvalue weighted by atomic mass is 10.1. The van der Waals surface area contributed by atoms with Crippen molar-refractivity contribution in [2.45, 2.75) is 13.1 Å². The fourth-order valence-electron chi connectivity index (χ4n) is 3.24. The van der Waals surface area contributed by atoms with Crippen LogP contribution >= 0.6 is 0 Å². The van der Waals surface area contributed by atoms with Crippen LogP contribution < -0.4 is 19.9 Å². The Hall–Kier alpha value is -3.59. The van der Waals surface area contributed by atoms with E-state index in [2.05, 4.69) is 10.1 Å². The Morgan fingerprint density at radius 1 is 1.03 bits per heavy atom. The predicted molar refractivity (Wildman–Crippen MR) is 106 cm³/mol. The summed E-state index contributed by atoms with van der Waals surface area (Å²) in [4.78, 5) is 4.31. The van der Waals surface area contributed by atoms with Gasteiger partial charge in [-0.25, -0.2) is 0 Å². The number of rotatable bonds is 7. The van der Waals surface area contributed by atoms with Crippen LogP contribution in [0.5, 0.6) is 17.2 Å². The molecule has 29 heavy (non-hydrogen) atoms. The van der Waals surface area contributed by atoms with Gasteiger partial charge in [-0.15, -0.1) is 0 Å². The van der Waals surface area contributed by atoms with Crippen LogP contribution in [0.15, 0.2) is 40.9 Å². The summed E-state index contributed by atoms with van der Waals surface area (Å²) in [7, 11) is 4.76. The summed E-state index contributed by atoms with van der Waals surface area (Å²) in [5.41, 5.74) is 8.08. The molecule has 2 aromatic carbocycles. The first-order valence-electron chi connectivity index (χ1n) is 8.96. The van der Waals surface area contributed by atoms with Crippen LogP contribution in [0.4, 0.5) is 0 Å². The zero-order valence-electron chi connectivity index (χ0n) is 16.4. The number of benzene rings is 2. The Kier molecular flexibility index (Phi) is 5.05. The molecule has 0 fully saturated rings. The highest BCUT2D eigenvalue weighted by molar-refractivity contribution is 5.91. The molecular formula is C20H21N5O4. The quantitative estimate of drug-likeness (QED) is 0.508. The van der Waals surface area contributed by atoms with E-state index in [-0.39, 0.29) is 6.54 Å². The maximum absolute atomic E-state index is 5.60. The van der Waals surface area contributed by atoms with Crippen LogP contribution in [-0.2, 0) is 13.1 Å². The van der Waals surface area contributed by atoms with E-state index in [1.807, 2.05) is 41.1 Å². The van der Waals surface area contributed by atoms with Crippen molar-refractivity contribution in [3.8, 4) is 28.8 Å². The molecule has 9 nitrogen and oxygen atoms in total. The third-order valence-electron chi connectivity index (χ3n) is 4.57. The monoisotopic (exact) mass is 395 g/mol. The highest BCUT2D eigenvalue weighted by Gasteiger charge is 2.19. The number of methoxy groups -OCH3 is 3. The van der Waals surface area contributed by atoms with Crippen molar-refractivity contribution < 1.29 is 18.7 Å². The van der Waals surface area contributed by atoms with E-state index in [1.165, 1.54) is 0 Å². The summed E-state index contributed by atoms with van der Waals surface area (Å²) in [6.07, 6.45) is 0. The molecule has 0 amide bonds. The van der Waals surface area contributed by atoms with Gasteiger partial charge in [0.2, 0.25) is 5.75 Å². The highest BCUT2D eigenvalue weighted by atomic mass is 16.5. The maximum Gasteiger partial charge on any atom is 0.279 e. The maximum atomic E-state index is 5.60. The van der Waals surface area contributed by atoms with Crippen LogP contribution in [-0.4, -0.2) is 41.3 Å². The van der Waals surface area contributed by atoms with Crippen LogP contribution in [0.2, 0.25) is 0 Å². The van der Waals surface area contributed by atoms with Gasteiger partial charge in [0.1, 0.15) is 0 Å². The molecule has 2 aromatic heterocycles. The third-order valence-corrected chi connectivity index (χ3v) is 4.57. The van der Waals surface area contributed by atoms with Crippen LogP contribution in [0, 0.1) is 0 Å². The smallest absolute Gasteiger partial charge is 0.279 e. The van der Waals surface area contributed by atoms with Gasteiger partial charge in [0.05, 0.1) is 39.9 Å². The lowest BCUT2D eigenvalue weighted by molar-refractivity contribution is 0.323. The first kappa shape index (κ1) is 18.8. The first-order valence-corrected chi connectivity index (χ1v) is 8.96. The SMILES string of the molecule is COc1cc(Cn2nc(-c3nc(CN)no3)c3ccccc32)cc(OC)c1OC. The van der Waals surface area contributed by atoms with Crippen molar-refractivity contribution in [1.82, 2.24) is 19.9 Å². The van der Waals surface area contributed by atoms with Gasteiger partial charge >= 0.3 is 0 Å². The molecule has 0 aliphatic rings. The normalized spacial score (nSPS) is 11.0. The summed E-state index contributed by atoms with van der Waals surface area (Å²) in [5, 5.41) is 9.50. The molecule has 0 bridgehead atoms. The minimum Gasteiger partial charge on any atom is -0.493 e. The molecule has 0 aliphatic carbocycles. The molecule has 150 valence electrons. The molecule has 0 saturated carbocycles. The molecule has 0 aliphatic heterocycles. The molecule has 0 unspecified atom stereocenters. The third kappa shape index (κ3) is 3.36. The van der Waals surface area contributed by atoms with E-state index in [9.17, 15) is 0 Å². The number of para-hydroxylation sites is 1. The van der Waals surface area contributed by atoms with Crippen molar-refractivity contribution >= 4 is 10.9 Å². The van der Waals surface area contributed by atoms with Crippen molar-refractivity contribution in [2.75, 3.05) is 21.3 Å². The van der Waals surface area contributed by atoms with Gasteiger partial charge in [-0.2, -0.15) is 10.1 Å². The van der Waals surface area contributed by atoms with Gasteiger partial charge in [-0.1, -0.05) is 23.4 Å². The molecule has 4 aromatic rings. The molecule has 0 atom stereocenters. The van der Waals surface area contributed by atoms with Crippen molar-refractivity contribution in [1.29, 1.82) is 0 Å². The Bertz CT molecular complexity index is 1130. The van der Waals surface area contributed by atoms with Gasteiger partial charge in [-0.05, 0) is 23.8 Å². The molecule has 0 saturated heterocycles. The topological polar surface area (TPSA) is 110 Å². The first-order chi connectivity index (χ1) is 14.2. The van der Waals surface area contributed by atoms with Crippen molar-refractivity contribution in [3.63, 3.8) is 0 Å². The Balaban J connectivity index is 1.79. The van der Waals surface area contributed by atoms with E-state index >= 15 is 0 Å². The summed E-state index contributed by atoms with van der Waals surface area (Å²) < 4.78 is 23.5. The fraction of sp³-hybridized carbons (Fsp3) is 0.250. The predicted octanol–water partition coefficient (Wildman–Crippen LogP) is 2.62. The standard InChI is InChI=1S/C20H21N5O4/c1-26-15-8-12(9-16(27-2)19(15)28-3)11-25-14-7-5-4-6-13(14)18(23-25)20-22-17(10-21)24-29-20/h4-9H,10-11,21H2,1-3H3. The van der Waals surface area contributed by atoms with Gasteiger partial charge < -0.3 is 24.5 Å². The zero-order valence-corrected chi connectivity index (χ0v) is 16.4. The summed E-state index contributed by atoms with van der Waals surface area (Å²) in [6.45, 7) is 0.683. The van der Waals surface area contributed by atoms with E-state index in [4.69, 9.17) is 29.6 Å². The summed E-state index contributed by atoms with van der Waals surface area (Å²) in [6, 6.07) is 11.7. The van der Waals surface area contributed by atoms with E-state index in [0.29, 0.717) is 41.2 Å². The van der Waals surface area contributed by atoms with Crippen molar-refractivity contribution in [2.24, 2.45) is 5.73 Å². The van der Waals surface area contributed by atoms with Crippen LogP contribution in [0.1, 0.15) is 11.4 Å². The van der Waals surface area contributed by atoms with Gasteiger partial charge in [0, 0.05) is 5.39 Å². The van der Waals surface area contributed by atoms with E-state index in [1.54, 1.807) is 21.3 Å². The fourth-order valence-corrected chi connectivity index (χ4v) is 3.24. The largest absolute Gasteiger partial charge is 0.493 e. The van der Waals surface area contributed by atoms with Crippen LogP contribution in [0.25, 0.3) is 22.5 Å². The Morgan fingerprint density at radius 3 is 2.38 bits per heavy atom. The summed E-state index contributed by atoms with van der Waals surface area (Å²) >= 11 is 0. The van der Waals surface area contributed by atoms with Crippen LogP contribution in [0.3, 0.4) is 0 Å². The average molecular weight is 395 g/mol. The lowest BCUT2D eigenvalue weighted by Gasteiger charge is -2.14. The molecular weight excluding hydrogens is 374 g/mol. The second kappa shape index (κ2) is 7.80. The number of fused-ring (bicyclic) bond motifs is 1. The molecule has 9 heteroatoms. The molecule has 4 rings (SSSR count). The Morgan fingerprint density at radius 2 is 1.76 bits per heavy atom. The number of aromatic nitrogens is 4. The molecule has 0 spiro atoms. The number of nitrogens with two attached hydrogens (primary N) is 1. The Labute approximate surface area is 167 Å². The lowest BCUT2D eigenvalue weighted by Crippen LogP contribution is -2.04. The molecule has 0 radical (unpaired) electrons. The number of hydrogen-bond donors (Lipinski definition) is 1. The number of nitrogens with zero attached hydrogens (tertiary/aromatic N) is 4. The highest BCUT2D eigenvalue weighted by Crippen LogP contribution is 2.38. The van der Waals surface area contributed by atoms with E-state index in [0.717, 1.165) is 16.5 Å². The number of ether oxygens (including phenoxy) is 3. The van der Waals surface area contributed by atoms with Crippen molar-refractivity contribution in [3.05, 3.63) is 47.8 Å². The average Bonchev–Trinajstić information content (AvgIpc) is 3.38. The van der Waals surface area contributed by atoms with E-state index < -0.39 is 0 Å². The zero-order chi connectivity index (χ0) is 20.4. The molecule has 2 N–H and O–H groups in total. The summed E-state index contributed by atoms with van der Waals surface area (Å²) in [5.74, 6) is 2.49. The second-order valence-electron chi connectivity index (χ2n) is 6.28. The molecule has 2 heterocycles. The number of hydrogen-bond acceptors (Lipinski definition) is 8. The van der Waals surface area contributed by atoms with Gasteiger partial charge in [0.25, 0.3) is 5.89 Å². The second-order valence-corrected chi connectivity index (χ2v) is 6.28. The van der Waals surface area contributed by atoms with Gasteiger partial charge in [-0.3, -0.25) is 4.68 Å². The minimum atomic E-state index is 0.202.